The first-order chi connectivity index (χ1) is 32.1. The van der Waals surface area contributed by atoms with Crippen LogP contribution in [-0.4, -0.2) is 111 Å². The fourth-order valence-corrected chi connectivity index (χ4v) is 10.6. The van der Waals surface area contributed by atoms with Crippen LogP contribution in [0.2, 0.25) is 0 Å². The molecule has 1 aromatic heterocycles. The molecule has 1 amide bonds. The van der Waals surface area contributed by atoms with Crippen molar-refractivity contribution in [3.8, 4) is 17.2 Å². The fraction of sp³-hybridized carbons (Fsp3) is 0.569. The number of likely N-dealkylation sites (tertiary alicyclic amines) is 1. The number of Topliss-reactive ketones (excluding diaryl/α,β-unsaturated/α-hetero) is 1. The molecule has 7 heterocycles. The maximum atomic E-state index is 14.9. The third-order valence-electron chi connectivity index (χ3n) is 14.3. The van der Waals surface area contributed by atoms with Gasteiger partial charge in [0.1, 0.15) is 35.0 Å². The number of hydrogen-bond donors (Lipinski definition) is 3. The van der Waals surface area contributed by atoms with E-state index in [-0.39, 0.29) is 67.7 Å². The van der Waals surface area contributed by atoms with Gasteiger partial charge in [0.25, 0.3) is 11.7 Å². The van der Waals surface area contributed by atoms with Gasteiger partial charge in [-0.2, -0.15) is 0 Å². The predicted octanol–water partition coefficient (Wildman–Crippen LogP) is 6.87. The maximum Gasteiger partial charge on any atom is 0.419 e. The number of ether oxygens (including phenoxy) is 6. The van der Waals surface area contributed by atoms with E-state index in [0.717, 1.165) is 6.54 Å². The Hall–Kier alpha value is -5.62. The van der Waals surface area contributed by atoms with Crippen molar-refractivity contribution in [1.29, 1.82) is 0 Å². The Balaban J connectivity index is 1.27. The van der Waals surface area contributed by atoms with Crippen molar-refractivity contribution in [2.24, 2.45) is 39.6 Å². The molecule has 7 bridgehead atoms. The van der Waals surface area contributed by atoms with Crippen molar-refractivity contribution < 1.29 is 53.0 Å². The van der Waals surface area contributed by atoms with Crippen LogP contribution in [0.4, 0.5) is 10.5 Å². The van der Waals surface area contributed by atoms with E-state index in [9.17, 15) is 24.6 Å². The second kappa shape index (κ2) is 18.4. The number of allylic oxidation sites excluding steroid dienone is 2. The molecule has 0 aliphatic carbocycles. The number of nitrogens with zero attached hydrogens (tertiary/aromatic N) is 5. The van der Waals surface area contributed by atoms with Gasteiger partial charge in [-0.1, -0.05) is 59.8 Å². The van der Waals surface area contributed by atoms with Crippen LogP contribution in [0.5, 0.6) is 17.2 Å². The lowest BCUT2D eigenvalue weighted by molar-refractivity contribution is -0.336. The summed E-state index contributed by atoms with van der Waals surface area (Å²) in [6.45, 7) is 23.1. The molecule has 2 saturated heterocycles. The van der Waals surface area contributed by atoms with Crippen LogP contribution >= 0.6 is 0 Å². The summed E-state index contributed by atoms with van der Waals surface area (Å²) in [6.07, 6.45) is 10.9. The van der Waals surface area contributed by atoms with E-state index in [1.165, 1.54) is 43.6 Å². The maximum absolute atomic E-state index is 14.9. The van der Waals surface area contributed by atoms with Gasteiger partial charge in [-0.3, -0.25) is 19.6 Å². The molecule has 6 aliphatic heterocycles. The summed E-state index contributed by atoms with van der Waals surface area (Å²) in [7, 11) is 1.53. The minimum Gasteiger partial charge on any atom is -0.507 e. The molecule has 2 aromatic carbocycles. The monoisotopic (exact) mass is 938 g/mol. The number of methoxy groups -OCH3 is 1. The summed E-state index contributed by atoms with van der Waals surface area (Å²) in [6, 6.07) is 0. The lowest BCUT2D eigenvalue weighted by Gasteiger charge is -2.50. The number of aromatic hydroxyl groups is 2. The quantitative estimate of drug-likeness (QED) is 0.229. The zero-order valence-corrected chi connectivity index (χ0v) is 41.2. The topological polar surface area (TPSA) is 205 Å². The number of hydrogen-bond acceptors (Lipinski definition) is 15. The van der Waals surface area contributed by atoms with E-state index in [0.29, 0.717) is 37.4 Å². The molecule has 0 unspecified atom stereocenters. The Morgan fingerprint density at radius 3 is 2.29 bits per heavy atom. The number of rotatable bonds is 4. The van der Waals surface area contributed by atoms with Crippen LogP contribution in [0.25, 0.3) is 10.8 Å². The molecular weight excluding hydrogens is 873 g/mol. The Labute approximate surface area is 396 Å². The van der Waals surface area contributed by atoms with E-state index in [1.807, 2.05) is 47.6 Å². The summed E-state index contributed by atoms with van der Waals surface area (Å²) in [4.78, 5) is 59.6. The average molecular weight is 939 g/mol. The molecule has 1 spiro atoms. The van der Waals surface area contributed by atoms with E-state index < -0.39 is 70.9 Å². The first-order valence-corrected chi connectivity index (χ1v) is 23.7. The number of anilines is 1. The number of piperidine rings is 1. The van der Waals surface area contributed by atoms with Gasteiger partial charge in [-0.15, -0.1) is 0 Å². The van der Waals surface area contributed by atoms with E-state index in [1.54, 1.807) is 32.1 Å². The van der Waals surface area contributed by atoms with Gasteiger partial charge in [0.2, 0.25) is 0 Å². The standard InChI is InChI=1S/C51H66N6O11/c1-26(2)24-56-20-17-51(18-21-56)54-37-34-35-40(58)30(6)45-36(34)46(60)50(11,68-45)64-23-16-33(63-12)29(5)43(65-48(62)57-22-19-52-25-57)32(8)44-31(7)42(66-49(9,10)67-44)27(3)14-13-15-28(4)47(61)53-39(41(35)59)38(37)55-51/h13-16,19,22-23,25-27,29,31-33,42-44,58-59H,17-18,20-21,24H2,1-12H3,(H,53,61)/b14-13+,23-16+,28-15-/t27-,29+,31+,32-,33-,42-,43+,44+,50-/m0/s1. The second-order valence-electron chi connectivity index (χ2n) is 20.3. The molecular formula is C51H66N6O11. The largest absolute Gasteiger partial charge is 0.507 e. The number of ketones is 1. The highest BCUT2D eigenvalue weighted by atomic mass is 16.7. The average Bonchev–Trinajstić information content (AvgIpc) is 4.03. The Morgan fingerprint density at radius 1 is 0.941 bits per heavy atom. The Morgan fingerprint density at radius 2 is 1.63 bits per heavy atom. The van der Waals surface area contributed by atoms with Gasteiger partial charge in [0, 0.05) is 99.1 Å². The van der Waals surface area contributed by atoms with Gasteiger partial charge in [-0.25, -0.2) is 14.3 Å². The van der Waals surface area contributed by atoms with Gasteiger partial charge in [-0.05, 0) is 39.7 Å². The van der Waals surface area contributed by atoms with Crippen molar-refractivity contribution in [3.05, 3.63) is 76.7 Å². The predicted molar refractivity (Wildman–Crippen MR) is 252 cm³/mol. The molecule has 6 aliphatic rings. The molecule has 3 N–H and O–H groups in total. The smallest absolute Gasteiger partial charge is 0.419 e. The number of benzene rings is 2. The molecule has 17 heteroatoms. The molecule has 0 saturated carbocycles. The third-order valence-corrected chi connectivity index (χ3v) is 14.3. The van der Waals surface area contributed by atoms with E-state index in [4.69, 9.17) is 38.4 Å². The molecule has 17 nitrogen and oxygen atoms in total. The van der Waals surface area contributed by atoms with Crippen LogP contribution < -0.4 is 20.8 Å². The number of amides is 1. The van der Waals surface area contributed by atoms with Crippen LogP contribution in [0.1, 0.15) is 98.0 Å². The molecule has 68 heavy (non-hydrogen) atoms. The number of carbonyl (C=O) groups excluding carboxylic acids is 3. The minimum atomic E-state index is -1.96. The fourth-order valence-electron chi connectivity index (χ4n) is 10.6. The first kappa shape index (κ1) is 48.8. The van der Waals surface area contributed by atoms with Crippen molar-refractivity contribution in [1.82, 2.24) is 14.5 Å². The van der Waals surface area contributed by atoms with Crippen LogP contribution in [-0.2, 0) is 28.5 Å². The van der Waals surface area contributed by atoms with Gasteiger partial charge >= 0.3 is 11.9 Å². The molecule has 0 radical (unpaired) electrons. The zero-order valence-electron chi connectivity index (χ0n) is 41.2. The summed E-state index contributed by atoms with van der Waals surface area (Å²) in [5.41, 5.74) is -0.430. The van der Waals surface area contributed by atoms with Gasteiger partial charge in [0.05, 0.1) is 40.9 Å². The molecule has 2 fully saturated rings. The number of phenols is 2. The number of carbonyl (C=O) groups is 3. The van der Waals surface area contributed by atoms with Crippen molar-refractivity contribution in [2.75, 3.05) is 32.1 Å². The molecule has 3 aromatic rings. The number of imidazole rings is 1. The van der Waals surface area contributed by atoms with E-state index >= 15 is 0 Å². The number of nitrogens with one attached hydrogen (secondary N) is 1. The SMILES string of the molecule is CO[C@H]1/C=C/O[C@@]2(C)Oc3c(C)c(O)c4c(O)c(c5c(c4c3C2=O)=NC2(CCN(CC(C)C)CC2)N=5)NC(=O)/C(C)=C\C=C\[C@H](C)[C@@H]2OC(C)(C)O[C@@H]([C@@H](C)[C@H](OC(=O)n3ccnc3)[C@@H]1C)[C@@H]2C. The van der Waals surface area contributed by atoms with Gasteiger partial charge in [0.15, 0.2) is 17.2 Å². The summed E-state index contributed by atoms with van der Waals surface area (Å²) in [5.74, 6) is -5.72. The first-order valence-electron chi connectivity index (χ1n) is 23.7. The summed E-state index contributed by atoms with van der Waals surface area (Å²) >= 11 is 0. The van der Waals surface area contributed by atoms with Crippen LogP contribution in [0, 0.1) is 36.5 Å². The highest BCUT2D eigenvalue weighted by Gasteiger charge is 2.51. The Kier molecular flexibility index (Phi) is 13.2. The normalized spacial score (nSPS) is 32.1. The van der Waals surface area contributed by atoms with E-state index in [2.05, 4.69) is 29.0 Å². The van der Waals surface area contributed by atoms with Crippen LogP contribution in [0.15, 0.2) is 64.8 Å². The number of aromatic nitrogens is 2. The Bertz CT molecular complexity index is 2700. The highest BCUT2D eigenvalue weighted by Crippen LogP contribution is 2.50. The van der Waals surface area contributed by atoms with Crippen molar-refractivity contribution >= 4 is 34.2 Å². The number of phenolic OH excluding ortho intramolecular Hbond substituents is 2. The zero-order chi connectivity index (χ0) is 49.2. The summed E-state index contributed by atoms with van der Waals surface area (Å²) < 4.78 is 39.5. The molecule has 366 valence electrons. The lowest BCUT2D eigenvalue weighted by atomic mass is 9.77. The van der Waals surface area contributed by atoms with Crippen LogP contribution in [0.3, 0.4) is 0 Å². The highest BCUT2D eigenvalue weighted by molar-refractivity contribution is 6.19. The lowest BCUT2D eigenvalue weighted by Crippen LogP contribution is -2.56. The molecule has 9 rings (SSSR count). The molecule has 9 atom stereocenters. The third kappa shape index (κ3) is 8.82. The second-order valence-corrected chi connectivity index (χ2v) is 20.3. The van der Waals surface area contributed by atoms with Crippen molar-refractivity contribution in [2.45, 2.75) is 131 Å². The minimum absolute atomic E-state index is 0.0224. The van der Waals surface area contributed by atoms with Crippen molar-refractivity contribution in [3.63, 3.8) is 0 Å². The summed E-state index contributed by atoms with van der Waals surface area (Å²) in [5, 5.41) is 27.7. The van der Waals surface area contributed by atoms with Gasteiger partial charge < -0.3 is 48.9 Å². The number of fused-ring (bicyclic) bond motifs is 9.